The summed E-state index contributed by atoms with van der Waals surface area (Å²) in [6, 6.07) is 6.73. The molecule has 1 aromatic rings. The third-order valence-electron chi connectivity index (χ3n) is 4.03. The van der Waals surface area contributed by atoms with Crippen LogP contribution in [0.4, 0.5) is 5.69 Å². The summed E-state index contributed by atoms with van der Waals surface area (Å²) in [6.07, 6.45) is 4.03. The number of hydrogen-bond donors (Lipinski definition) is 1. The third-order valence-corrected chi connectivity index (χ3v) is 4.03. The lowest BCUT2D eigenvalue weighted by molar-refractivity contribution is 0.510. The van der Waals surface area contributed by atoms with Crippen LogP contribution in [0.2, 0.25) is 0 Å². The molecule has 0 aliphatic carbocycles. The number of aryl methyl sites for hydroxylation is 2. The Morgan fingerprint density at radius 3 is 2.83 bits per heavy atom. The maximum atomic E-state index is 3.44. The number of rotatable bonds is 5. The van der Waals surface area contributed by atoms with E-state index in [9.17, 15) is 0 Å². The van der Waals surface area contributed by atoms with Crippen molar-refractivity contribution in [3.8, 4) is 0 Å². The zero-order valence-corrected chi connectivity index (χ0v) is 12.0. The fourth-order valence-electron chi connectivity index (χ4n) is 2.93. The first-order valence-electron chi connectivity index (χ1n) is 7.16. The molecular weight excluding hydrogens is 220 g/mol. The normalized spacial score (nSPS) is 19.2. The monoisotopic (exact) mass is 246 g/mol. The molecule has 1 aliphatic heterocycles. The smallest absolute Gasteiger partial charge is 0.0393 e. The Morgan fingerprint density at radius 1 is 1.33 bits per heavy atom. The highest BCUT2D eigenvalue weighted by Gasteiger charge is 2.14. The third kappa shape index (κ3) is 3.49. The predicted molar refractivity (Wildman–Crippen MR) is 79.4 cm³/mol. The minimum atomic E-state index is 0.914. The van der Waals surface area contributed by atoms with E-state index in [0.717, 1.165) is 5.92 Å². The Labute approximate surface area is 111 Å². The second-order valence-electron chi connectivity index (χ2n) is 5.71. The summed E-state index contributed by atoms with van der Waals surface area (Å²) in [7, 11) is 2.21. The van der Waals surface area contributed by atoms with Gasteiger partial charge in [-0.25, -0.2) is 0 Å². The molecule has 1 aliphatic rings. The highest BCUT2D eigenvalue weighted by molar-refractivity contribution is 5.53. The van der Waals surface area contributed by atoms with E-state index in [1.165, 1.54) is 55.7 Å². The van der Waals surface area contributed by atoms with Crippen LogP contribution in [0.1, 0.15) is 30.4 Å². The molecule has 0 bridgehead atoms. The van der Waals surface area contributed by atoms with Crippen molar-refractivity contribution in [2.45, 2.75) is 33.1 Å². The van der Waals surface area contributed by atoms with E-state index in [2.05, 4.69) is 49.3 Å². The Morgan fingerprint density at radius 2 is 2.17 bits per heavy atom. The van der Waals surface area contributed by atoms with Crippen LogP contribution in [0.5, 0.6) is 0 Å². The first-order valence-corrected chi connectivity index (χ1v) is 7.16. The van der Waals surface area contributed by atoms with Crippen molar-refractivity contribution in [3.05, 3.63) is 29.3 Å². The summed E-state index contributed by atoms with van der Waals surface area (Å²) in [5.41, 5.74) is 4.12. The van der Waals surface area contributed by atoms with E-state index in [-0.39, 0.29) is 0 Å². The van der Waals surface area contributed by atoms with Crippen LogP contribution in [0, 0.1) is 19.8 Å². The molecule has 0 spiro atoms. The maximum absolute atomic E-state index is 3.44. The fraction of sp³-hybridized carbons (Fsp3) is 0.625. The van der Waals surface area contributed by atoms with Crippen LogP contribution < -0.4 is 10.2 Å². The number of benzene rings is 1. The molecule has 0 radical (unpaired) electrons. The maximum Gasteiger partial charge on any atom is 0.0393 e. The predicted octanol–water partition coefficient (Wildman–Crippen LogP) is 3.13. The van der Waals surface area contributed by atoms with Crippen molar-refractivity contribution in [3.63, 3.8) is 0 Å². The fourth-order valence-corrected chi connectivity index (χ4v) is 2.93. The molecule has 0 saturated carbocycles. The quantitative estimate of drug-likeness (QED) is 0.858. The van der Waals surface area contributed by atoms with Gasteiger partial charge in [0.2, 0.25) is 0 Å². The van der Waals surface area contributed by atoms with Gasteiger partial charge >= 0.3 is 0 Å². The summed E-state index contributed by atoms with van der Waals surface area (Å²) in [5.74, 6) is 0.914. The van der Waals surface area contributed by atoms with Crippen molar-refractivity contribution in [1.29, 1.82) is 0 Å². The highest BCUT2D eigenvalue weighted by Crippen LogP contribution is 2.21. The molecule has 0 amide bonds. The van der Waals surface area contributed by atoms with Gasteiger partial charge in [0.05, 0.1) is 0 Å². The lowest BCUT2D eigenvalue weighted by atomic mass is 10.0. The minimum Gasteiger partial charge on any atom is -0.374 e. The van der Waals surface area contributed by atoms with Gasteiger partial charge in [0.15, 0.2) is 0 Å². The molecule has 1 heterocycles. The molecule has 1 saturated heterocycles. The number of nitrogens with zero attached hydrogens (tertiary/aromatic N) is 1. The molecule has 0 aromatic heterocycles. The first-order chi connectivity index (χ1) is 8.66. The summed E-state index contributed by atoms with van der Waals surface area (Å²) >= 11 is 0. The van der Waals surface area contributed by atoms with Crippen LogP contribution in [0.15, 0.2) is 18.2 Å². The summed E-state index contributed by atoms with van der Waals surface area (Å²) in [6.45, 7) is 7.98. The van der Waals surface area contributed by atoms with Crippen LogP contribution in [0.25, 0.3) is 0 Å². The van der Waals surface area contributed by atoms with E-state index in [1.54, 1.807) is 0 Å². The van der Waals surface area contributed by atoms with Crippen LogP contribution >= 0.6 is 0 Å². The standard InChI is InChI=1S/C16H26N2/c1-13-6-7-16(14(2)11-13)18(3)10-4-5-15-8-9-17-12-15/h6-7,11,15,17H,4-5,8-10,12H2,1-3H3. The largest absolute Gasteiger partial charge is 0.374 e. The SMILES string of the molecule is Cc1ccc(N(C)CCCC2CCNC2)c(C)c1. The van der Waals surface area contributed by atoms with E-state index in [1.807, 2.05) is 0 Å². The average molecular weight is 246 g/mol. The summed E-state index contributed by atoms with van der Waals surface area (Å²) < 4.78 is 0. The van der Waals surface area contributed by atoms with E-state index < -0.39 is 0 Å². The van der Waals surface area contributed by atoms with Gasteiger partial charge in [-0.2, -0.15) is 0 Å². The average Bonchev–Trinajstić information content (AvgIpc) is 2.81. The lowest BCUT2D eigenvalue weighted by Gasteiger charge is -2.22. The van der Waals surface area contributed by atoms with Crippen LogP contribution in [-0.4, -0.2) is 26.7 Å². The number of anilines is 1. The van der Waals surface area contributed by atoms with E-state index in [0.29, 0.717) is 0 Å². The topological polar surface area (TPSA) is 15.3 Å². The second-order valence-corrected chi connectivity index (χ2v) is 5.71. The molecule has 1 N–H and O–H groups in total. The summed E-state index contributed by atoms with van der Waals surface area (Å²) in [4.78, 5) is 2.40. The molecule has 1 fully saturated rings. The van der Waals surface area contributed by atoms with Gasteiger partial charge in [0, 0.05) is 19.3 Å². The number of nitrogens with one attached hydrogen (secondary N) is 1. The van der Waals surface area contributed by atoms with Gasteiger partial charge in [-0.1, -0.05) is 17.7 Å². The molecular formula is C16H26N2. The Hall–Kier alpha value is -1.02. The molecule has 2 nitrogen and oxygen atoms in total. The second kappa shape index (κ2) is 6.24. The van der Waals surface area contributed by atoms with Gasteiger partial charge < -0.3 is 10.2 Å². The van der Waals surface area contributed by atoms with Gasteiger partial charge in [-0.15, -0.1) is 0 Å². The van der Waals surface area contributed by atoms with Gasteiger partial charge in [-0.3, -0.25) is 0 Å². The number of hydrogen-bond acceptors (Lipinski definition) is 2. The van der Waals surface area contributed by atoms with Gasteiger partial charge in [0.25, 0.3) is 0 Å². The zero-order valence-electron chi connectivity index (χ0n) is 12.0. The van der Waals surface area contributed by atoms with Gasteiger partial charge in [0.1, 0.15) is 0 Å². The highest BCUT2D eigenvalue weighted by atomic mass is 15.1. The van der Waals surface area contributed by atoms with Crippen molar-refractivity contribution >= 4 is 5.69 Å². The molecule has 100 valence electrons. The zero-order chi connectivity index (χ0) is 13.0. The molecule has 18 heavy (non-hydrogen) atoms. The van der Waals surface area contributed by atoms with Crippen molar-refractivity contribution < 1.29 is 0 Å². The first kappa shape index (κ1) is 13.4. The van der Waals surface area contributed by atoms with Crippen molar-refractivity contribution in [2.75, 3.05) is 31.6 Å². The Kier molecular flexibility index (Phi) is 4.65. The summed E-state index contributed by atoms with van der Waals surface area (Å²) in [5, 5.41) is 3.44. The van der Waals surface area contributed by atoms with Crippen molar-refractivity contribution in [2.24, 2.45) is 5.92 Å². The molecule has 2 rings (SSSR count). The van der Waals surface area contributed by atoms with Crippen LogP contribution in [-0.2, 0) is 0 Å². The van der Waals surface area contributed by atoms with Crippen molar-refractivity contribution in [1.82, 2.24) is 5.32 Å². The molecule has 1 atom stereocenters. The molecule has 1 aromatic carbocycles. The minimum absolute atomic E-state index is 0.914. The van der Waals surface area contributed by atoms with Gasteiger partial charge in [-0.05, 0) is 63.7 Å². The van der Waals surface area contributed by atoms with Crippen LogP contribution in [0.3, 0.4) is 0 Å². The lowest BCUT2D eigenvalue weighted by Crippen LogP contribution is -2.20. The molecule has 1 unspecified atom stereocenters. The Balaban J connectivity index is 1.81. The Bertz CT molecular complexity index is 381. The molecule has 2 heteroatoms. The van der Waals surface area contributed by atoms with E-state index >= 15 is 0 Å². The van der Waals surface area contributed by atoms with E-state index in [4.69, 9.17) is 0 Å².